The second-order valence-corrected chi connectivity index (χ2v) is 7.42. The van der Waals surface area contributed by atoms with Gasteiger partial charge in [0.25, 0.3) is 15.0 Å². The molecule has 1 aromatic rings. The molecule has 0 saturated carbocycles. The number of hydrogen-bond acceptors (Lipinski definition) is 4. The Morgan fingerprint density at radius 1 is 1.33 bits per heavy atom. The molecular weight excluding hydrogens is 314 g/mol. The molecule has 0 spiro atoms. The van der Waals surface area contributed by atoms with Crippen LogP contribution in [0.4, 0.5) is 0 Å². The third-order valence-electron chi connectivity index (χ3n) is 3.51. The lowest BCUT2D eigenvalue weighted by atomic mass is 10.1. The summed E-state index contributed by atoms with van der Waals surface area (Å²) in [4.78, 5) is 14.0. The van der Waals surface area contributed by atoms with Crippen molar-refractivity contribution in [1.82, 2.24) is 4.90 Å². The van der Waals surface area contributed by atoms with Crippen LogP contribution in [0.1, 0.15) is 30.1 Å². The molecule has 1 aromatic carbocycles. The largest absolute Gasteiger partial charge is 0.378 e. The molecule has 1 aliphatic heterocycles. The average molecular weight is 332 g/mol. The van der Waals surface area contributed by atoms with Crippen molar-refractivity contribution in [2.75, 3.05) is 19.7 Å². The van der Waals surface area contributed by atoms with Gasteiger partial charge < -0.3 is 9.64 Å². The van der Waals surface area contributed by atoms with E-state index in [0.29, 0.717) is 19.7 Å². The second kappa shape index (κ2) is 6.77. The van der Waals surface area contributed by atoms with Crippen molar-refractivity contribution in [1.29, 1.82) is 0 Å². The fraction of sp³-hybridized carbons (Fsp3) is 0.500. The molecule has 1 amide bonds. The number of piperidine rings is 1. The SMILES string of the molecule is CCOC1CCN(C(=O)c2ccccc2S(=O)(=O)Cl)CC1. The van der Waals surface area contributed by atoms with E-state index < -0.39 is 9.05 Å². The molecule has 1 heterocycles. The van der Waals surface area contributed by atoms with Crippen molar-refractivity contribution in [3.05, 3.63) is 29.8 Å². The predicted octanol–water partition coefficient (Wildman–Crippen LogP) is 2.26. The number of rotatable bonds is 4. The van der Waals surface area contributed by atoms with Crippen LogP contribution < -0.4 is 0 Å². The van der Waals surface area contributed by atoms with Crippen LogP contribution in [0.2, 0.25) is 0 Å². The Kier molecular flexibility index (Phi) is 5.24. The summed E-state index contributed by atoms with van der Waals surface area (Å²) in [5, 5.41) is 0. The van der Waals surface area contributed by atoms with Gasteiger partial charge in [0.2, 0.25) is 0 Å². The molecule has 0 N–H and O–H groups in total. The molecule has 0 aliphatic carbocycles. The van der Waals surface area contributed by atoms with E-state index in [9.17, 15) is 13.2 Å². The number of amides is 1. The summed E-state index contributed by atoms with van der Waals surface area (Å²) in [6.45, 7) is 3.71. The number of hydrogen-bond donors (Lipinski definition) is 0. The van der Waals surface area contributed by atoms with Crippen molar-refractivity contribution in [3.8, 4) is 0 Å². The van der Waals surface area contributed by atoms with E-state index in [2.05, 4.69) is 0 Å². The van der Waals surface area contributed by atoms with Crippen molar-refractivity contribution in [2.45, 2.75) is 30.8 Å². The van der Waals surface area contributed by atoms with Crippen LogP contribution in [-0.4, -0.2) is 45.0 Å². The smallest absolute Gasteiger partial charge is 0.262 e. The lowest BCUT2D eigenvalue weighted by molar-refractivity contribution is 0.0145. The van der Waals surface area contributed by atoms with E-state index in [1.54, 1.807) is 17.0 Å². The first-order chi connectivity index (χ1) is 9.93. The minimum absolute atomic E-state index is 0.127. The van der Waals surface area contributed by atoms with Crippen molar-refractivity contribution in [3.63, 3.8) is 0 Å². The summed E-state index contributed by atoms with van der Waals surface area (Å²) < 4.78 is 28.6. The van der Waals surface area contributed by atoms with E-state index in [-0.39, 0.29) is 22.5 Å². The van der Waals surface area contributed by atoms with Crippen LogP contribution >= 0.6 is 10.7 Å². The van der Waals surface area contributed by atoms with Gasteiger partial charge in [0, 0.05) is 30.4 Å². The molecule has 116 valence electrons. The minimum Gasteiger partial charge on any atom is -0.378 e. The molecule has 2 rings (SSSR count). The predicted molar refractivity (Wildman–Crippen MR) is 80.0 cm³/mol. The molecule has 5 nitrogen and oxygen atoms in total. The maximum Gasteiger partial charge on any atom is 0.262 e. The molecule has 0 aromatic heterocycles. The molecule has 0 radical (unpaired) electrons. The van der Waals surface area contributed by atoms with Gasteiger partial charge in [-0.05, 0) is 31.9 Å². The summed E-state index contributed by atoms with van der Waals surface area (Å²) >= 11 is 0. The molecule has 1 saturated heterocycles. The fourth-order valence-corrected chi connectivity index (χ4v) is 3.55. The van der Waals surface area contributed by atoms with Crippen LogP contribution in [0.3, 0.4) is 0 Å². The topological polar surface area (TPSA) is 63.7 Å². The van der Waals surface area contributed by atoms with Gasteiger partial charge in [-0.2, -0.15) is 0 Å². The van der Waals surface area contributed by atoms with Gasteiger partial charge in [-0.25, -0.2) is 8.42 Å². The highest BCUT2D eigenvalue weighted by Crippen LogP contribution is 2.23. The third-order valence-corrected chi connectivity index (χ3v) is 4.89. The number of likely N-dealkylation sites (tertiary alicyclic amines) is 1. The average Bonchev–Trinajstić information content (AvgIpc) is 2.47. The Labute approximate surface area is 129 Å². The molecule has 0 bridgehead atoms. The highest BCUT2D eigenvalue weighted by molar-refractivity contribution is 8.13. The summed E-state index contributed by atoms with van der Waals surface area (Å²) in [7, 11) is 1.46. The van der Waals surface area contributed by atoms with Gasteiger partial charge in [-0.15, -0.1) is 0 Å². The Morgan fingerprint density at radius 3 is 2.52 bits per heavy atom. The van der Waals surface area contributed by atoms with Gasteiger partial charge in [-0.3, -0.25) is 4.79 Å². The quantitative estimate of drug-likeness (QED) is 0.794. The summed E-state index contributed by atoms with van der Waals surface area (Å²) in [5.74, 6) is -0.301. The molecule has 0 unspecified atom stereocenters. The molecule has 0 atom stereocenters. The summed E-state index contributed by atoms with van der Waals surface area (Å²) in [6, 6.07) is 6.02. The van der Waals surface area contributed by atoms with E-state index >= 15 is 0 Å². The highest BCUT2D eigenvalue weighted by atomic mass is 35.7. The maximum absolute atomic E-state index is 12.5. The van der Waals surface area contributed by atoms with Gasteiger partial charge >= 0.3 is 0 Å². The second-order valence-electron chi connectivity index (χ2n) is 4.88. The first kappa shape index (κ1) is 16.3. The van der Waals surface area contributed by atoms with Crippen LogP contribution in [0.25, 0.3) is 0 Å². The third kappa shape index (κ3) is 3.96. The van der Waals surface area contributed by atoms with Gasteiger partial charge in [0.05, 0.1) is 16.6 Å². The van der Waals surface area contributed by atoms with Gasteiger partial charge in [-0.1, -0.05) is 12.1 Å². The number of ether oxygens (including phenoxy) is 1. The van der Waals surface area contributed by atoms with Crippen LogP contribution in [0.15, 0.2) is 29.2 Å². The molecular formula is C14H18ClNO4S. The van der Waals surface area contributed by atoms with Gasteiger partial charge in [0.1, 0.15) is 0 Å². The number of carbonyl (C=O) groups is 1. The minimum atomic E-state index is -3.94. The Hall–Kier alpha value is -1.11. The Bertz CT molecular complexity index is 609. The van der Waals surface area contributed by atoms with E-state index in [0.717, 1.165) is 12.8 Å². The van der Waals surface area contributed by atoms with E-state index in [1.165, 1.54) is 12.1 Å². The van der Waals surface area contributed by atoms with Crippen molar-refractivity contribution in [2.24, 2.45) is 0 Å². The first-order valence-electron chi connectivity index (χ1n) is 6.88. The first-order valence-corrected chi connectivity index (χ1v) is 9.19. The van der Waals surface area contributed by atoms with Crippen LogP contribution in [0, 0.1) is 0 Å². The van der Waals surface area contributed by atoms with Crippen molar-refractivity contribution >= 4 is 25.6 Å². The molecule has 21 heavy (non-hydrogen) atoms. The van der Waals surface area contributed by atoms with Crippen LogP contribution in [0.5, 0.6) is 0 Å². The monoisotopic (exact) mass is 331 g/mol. The lowest BCUT2D eigenvalue weighted by Crippen LogP contribution is -2.41. The number of carbonyl (C=O) groups excluding carboxylic acids is 1. The fourth-order valence-electron chi connectivity index (χ4n) is 2.49. The molecule has 1 aliphatic rings. The Morgan fingerprint density at radius 2 is 1.95 bits per heavy atom. The summed E-state index contributed by atoms with van der Waals surface area (Å²) in [6.07, 6.45) is 1.69. The normalized spacial score (nSPS) is 17.0. The van der Waals surface area contributed by atoms with Crippen LogP contribution in [-0.2, 0) is 13.8 Å². The van der Waals surface area contributed by atoms with Crippen molar-refractivity contribution < 1.29 is 17.9 Å². The van der Waals surface area contributed by atoms with E-state index in [4.69, 9.17) is 15.4 Å². The zero-order chi connectivity index (χ0) is 15.5. The Balaban J connectivity index is 2.15. The zero-order valence-corrected chi connectivity index (χ0v) is 13.4. The standard InChI is InChI=1S/C14H18ClNO4S/c1-2-20-11-7-9-16(10-8-11)14(17)12-5-3-4-6-13(12)21(15,18)19/h3-6,11H,2,7-10H2,1H3. The zero-order valence-electron chi connectivity index (χ0n) is 11.8. The number of benzene rings is 1. The lowest BCUT2D eigenvalue weighted by Gasteiger charge is -2.32. The molecule has 7 heteroatoms. The number of halogens is 1. The molecule has 1 fully saturated rings. The number of nitrogens with zero attached hydrogens (tertiary/aromatic N) is 1. The highest BCUT2D eigenvalue weighted by Gasteiger charge is 2.27. The summed E-state index contributed by atoms with van der Waals surface area (Å²) in [5.41, 5.74) is 0.127. The maximum atomic E-state index is 12.5. The van der Waals surface area contributed by atoms with Gasteiger partial charge in [0.15, 0.2) is 0 Å². The van der Waals surface area contributed by atoms with E-state index in [1.807, 2.05) is 6.92 Å².